The minimum Gasteiger partial charge on any atom is -0.376 e. The number of carbonyl (C=O) groups excluding carboxylic acids is 1. The molecule has 0 N–H and O–H groups in total. The van der Waals surface area contributed by atoms with Crippen LogP contribution in [0.4, 0.5) is 0 Å². The van der Waals surface area contributed by atoms with Gasteiger partial charge in [0.15, 0.2) is 5.78 Å². The maximum absolute atomic E-state index is 10.7. The van der Waals surface area contributed by atoms with Gasteiger partial charge in [-0.15, -0.1) is 0 Å². The maximum atomic E-state index is 10.7. The van der Waals surface area contributed by atoms with E-state index in [0.717, 1.165) is 5.70 Å². The van der Waals surface area contributed by atoms with Crippen molar-refractivity contribution in [2.45, 2.75) is 33.7 Å². The zero-order valence-corrected chi connectivity index (χ0v) is 8.01. The fourth-order valence-corrected chi connectivity index (χ4v) is 0.803. The lowest BCUT2D eigenvalue weighted by Gasteiger charge is -2.23. The van der Waals surface area contributed by atoms with Gasteiger partial charge < -0.3 is 4.90 Å². The molecule has 0 unspecified atom stereocenters. The Morgan fingerprint density at radius 3 is 2.09 bits per heavy atom. The smallest absolute Gasteiger partial charge is 0.154 e. The molecule has 0 aromatic rings. The summed E-state index contributed by atoms with van der Waals surface area (Å²) in [6.45, 7) is 7.70. The van der Waals surface area contributed by atoms with Gasteiger partial charge in [-0.1, -0.05) is 0 Å². The Balaban J connectivity index is 4.23. The van der Waals surface area contributed by atoms with Crippen LogP contribution in [0, 0.1) is 0 Å². The van der Waals surface area contributed by atoms with E-state index in [9.17, 15) is 4.79 Å². The molecular weight excluding hydrogens is 138 g/mol. The van der Waals surface area contributed by atoms with E-state index in [1.54, 1.807) is 13.0 Å². The van der Waals surface area contributed by atoms with Crippen LogP contribution >= 0.6 is 0 Å². The van der Waals surface area contributed by atoms with Gasteiger partial charge in [-0.3, -0.25) is 4.79 Å². The van der Waals surface area contributed by atoms with E-state index in [2.05, 4.69) is 18.7 Å². The lowest BCUT2D eigenvalue weighted by Crippen LogP contribution is -2.24. The van der Waals surface area contributed by atoms with Gasteiger partial charge in [0.1, 0.15) is 0 Å². The second-order valence-corrected chi connectivity index (χ2v) is 3.10. The Morgan fingerprint density at radius 2 is 1.82 bits per heavy atom. The Bertz CT molecular complexity index is 170. The first kappa shape index (κ1) is 10.2. The molecule has 0 bridgehead atoms. The molecule has 0 fully saturated rings. The van der Waals surface area contributed by atoms with Crippen molar-refractivity contribution in [3.05, 3.63) is 11.8 Å². The Morgan fingerprint density at radius 1 is 1.36 bits per heavy atom. The van der Waals surface area contributed by atoms with Gasteiger partial charge >= 0.3 is 0 Å². The first-order chi connectivity index (χ1) is 4.95. The summed E-state index contributed by atoms with van der Waals surface area (Å²) >= 11 is 0. The molecule has 0 aromatic heterocycles. The fourth-order valence-electron chi connectivity index (χ4n) is 0.803. The number of allylic oxidation sites excluding steroid dienone is 2. The van der Waals surface area contributed by atoms with Crippen molar-refractivity contribution in [2.24, 2.45) is 0 Å². The summed E-state index contributed by atoms with van der Waals surface area (Å²) in [5, 5.41) is 0. The van der Waals surface area contributed by atoms with Crippen LogP contribution in [0.5, 0.6) is 0 Å². The SMILES string of the molecule is CC(=O)/C=C(\C)N(C)C(C)C. The molecule has 0 rings (SSSR count). The predicted octanol–water partition coefficient (Wildman–Crippen LogP) is 1.82. The second kappa shape index (κ2) is 4.16. The van der Waals surface area contributed by atoms with Crippen LogP contribution < -0.4 is 0 Å². The molecule has 0 aromatic carbocycles. The van der Waals surface area contributed by atoms with Gasteiger partial charge in [0.05, 0.1) is 0 Å². The molecule has 0 saturated heterocycles. The van der Waals surface area contributed by atoms with Crippen LogP contribution in [-0.4, -0.2) is 23.8 Å². The minimum absolute atomic E-state index is 0.106. The molecule has 0 aliphatic rings. The summed E-state index contributed by atoms with van der Waals surface area (Å²) < 4.78 is 0. The van der Waals surface area contributed by atoms with E-state index in [1.807, 2.05) is 14.0 Å². The van der Waals surface area contributed by atoms with E-state index in [1.165, 1.54) is 0 Å². The summed E-state index contributed by atoms with van der Waals surface area (Å²) in [7, 11) is 1.99. The molecule has 2 heteroatoms. The van der Waals surface area contributed by atoms with Crippen LogP contribution in [-0.2, 0) is 4.79 Å². The van der Waals surface area contributed by atoms with Crippen LogP contribution in [0.1, 0.15) is 27.7 Å². The van der Waals surface area contributed by atoms with Gasteiger partial charge in [0.2, 0.25) is 0 Å². The molecule has 0 atom stereocenters. The number of rotatable bonds is 3. The van der Waals surface area contributed by atoms with Crippen LogP contribution in [0.2, 0.25) is 0 Å². The highest BCUT2D eigenvalue weighted by atomic mass is 16.1. The summed E-state index contributed by atoms with van der Waals surface area (Å²) in [5.41, 5.74) is 1.02. The first-order valence-electron chi connectivity index (χ1n) is 3.87. The Kier molecular flexibility index (Phi) is 3.86. The second-order valence-electron chi connectivity index (χ2n) is 3.10. The van der Waals surface area contributed by atoms with Crippen molar-refractivity contribution in [1.82, 2.24) is 4.90 Å². The molecule has 64 valence electrons. The number of hydrogen-bond acceptors (Lipinski definition) is 2. The summed E-state index contributed by atoms with van der Waals surface area (Å²) in [6, 6.07) is 0.450. The lowest BCUT2D eigenvalue weighted by atomic mass is 10.2. The molecule has 0 amide bonds. The molecule has 2 nitrogen and oxygen atoms in total. The van der Waals surface area contributed by atoms with Crippen molar-refractivity contribution in [2.75, 3.05) is 7.05 Å². The number of carbonyl (C=O) groups is 1. The van der Waals surface area contributed by atoms with Crippen molar-refractivity contribution in [1.29, 1.82) is 0 Å². The van der Waals surface area contributed by atoms with Crippen molar-refractivity contribution >= 4 is 5.78 Å². The minimum atomic E-state index is 0.106. The van der Waals surface area contributed by atoms with E-state index < -0.39 is 0 Å². The quantitative estimate of drug-likeness (QED) is 0.579. The average molecular weight is 155 g/mol. The first-order valence-corrected chi connectivity index (χ1v) is 3.87. The number of ketones is 1. The van der Waals surface area contributed by atoms with E-state index in [-0.39, 0.29) is 5.78 Å². The zero-order valence-electron chi connectivity index (χ0n) is 8.01. The van der Waals surface area contributed by atoms with E-state index >= 15 is 0 Å². The standard InChI is InChI=1S/C9H17NO/c1-7(2)10(5)8(3)6-9(4)11/h6-7H,1-5H3/b8-6+. The van der Waals surface area contributed by atoms with Gasteiger partial charge in [0.25, 0.3) is 0 Å². The molecular formula is C9H17NO. The molecule has 0 aliphatic heterocycles. The van der Waals surface area contributed by atoms with Crippen molar-refractivity contribution in [3.63, 3.8) is 0 Å². The highest BCUT2D eigenvalue weighted by Crippen LogP contribution is 2.04. The average Bonchev–Trinajstić information content (AvgIpc) is 1.84. The van der Waals surface area contributed by atoms with E-state index in [0.29, 0.717) is 6.04 Å². The van der Waals surface area contributed by atoms with Gasteiger partial charge in [-0.2, -0.15) is 0 Å². The zero-order chi connectivity index (χ0) is 9.02. The third kappa shape index (κ3) is 3.81. The topological polar surface area (TPSA) is 20.3 Å². The monoisotopic (exact) mass is 155 g/mol. The predicted molar refractivity (Wildman–Crippen MR) is 47.3 cm³/mol. The number of nitrogens with zero attached hydrogens (tertiary/aromatic N) is 1. The van der Waals surface area contributed by atoms with E-state index in [4.69, 9.17) is 0 Å². The third-order valence-corrected chi connectivity index (χ3v) is 1.74. The highest BCUT2D eigenvalue weighted by molar-refractivity contribution is 5.87. The van der Waals surface area contributed by atoms with Crippen LogP contribution in [0.25, 0.3) is 0 Å². The van der Waals surface area contributed by atoms with Crippen molar-refractivity contribution < 1.29 is 4.79 Å². The van der Waals surface area contributed by atoms with Crippen molar-refractivity contribution in [3.8, 4) is 0 Å². The summed E-state index contributed by atoms with van der Waals surface area (Å²) in [6.07, 6.45) is 1.65. The Hall–Kier alpha value is -0.790. The molecule has 0 saturated carbocycles. The number of hydrogen-bond donors (Lipinski definition) is 0. The largest absolute Gasteiger partial charge is 0.376 e. The maximum Gasteiger partial charge on any atom is 0.154 e. The van der Waals surface area contributed by atoms with Gasteiger partial charge in [-0.25, -0.2) is 0 Å². The summed E-state index contributed by atoms with van der Waals surface area (Å²) in [5.74, 6) is 0.106. The molecule has 0 aliphatic carbocycles. The van der Waals surface area contributed by atoms with Gasteiger partial charge in [0, 0.05) is 18.8 Å². The van der Waals surface area contributed by atoms with Crippen LogP contribution in [0.15, 0.2) is 11.8 Å². The van der Waals surface area contributed by atoms with Gasteiger partial charge in [-0.05, 0) is 33.8 Å². The molecule has 0 radical (unpaired) electrons. The van der Waals surface area contributed by atoms with Crippen LogP contribution in [0.3, 0.4) is 0 Å². The summed E-state index contributed by atoms with van der Waals surface area (Å²) in [4.78, 5) is 12.7. The molecule has 0 heterocycles. The molecule has 11 heavy (non-hydrogen) atoms. The lowest BCUT2D eigenvalue weighted by molar-refractivity contribution is -0.112. The third-order valence-electron chi connectivity index (χ3n) is 1.74. The normalized spacial score (nSPS) is 12.0. The molecule has 0 spiro atoms. The Labute approximate surface area is 68.9 Å². The highest BCUT2D eigenvalue weighted by Gasteiger charge is 2.02. The fraction of sp³-hybridized carbons (Fsp3) is 0.667.